The third-order valence-electron chi connectivity index (χ3n) is 8.62. The fourth-order valence-electron chi connectivity index (χ4n) is 6.80. The van der Waals surface area contributed by atoms with Crippen molar-refractivity contribution in [2.75, 3.05) is 25.0 Å². The van der Waals surface area contributed by atoms with Gasteiger partial charge in [0.15, 0.2) is 11.6 Å². The molecule has 6 heterocycles. The topological polar surface area (TPSA) is 143 Å². The molecule has 0 bridgehead atoms. The number of aromatic nitrogens is 3. The van der Waals surface area contributed by atoms with E-state index >= 15 is 8.78 Å². The fraction of sp³-hybridized carbons (Fsp3) is 0.452. The summed E-state index contributed by atoms with van der Waals surface area (Å²) in [5.74, 6) is -2.20. The highest BCUT2D eigenvalue weighted by Gasteiger charge is 2.49. The number of thiophene rings is 1. The monoisotopic (exact) mass is 654 g/mol. The molecule has 2 fully saturated rings. The lowest BCUT2D eigenvalue weighted by atomic mass is 9.93. The van der Waals surface area contributed by atoms with Crippen LogP contribution in [0.15, 0.2) is 6.20 Å². The summed E-state index contributed by atoms with van der Waals surface area (Å²) in [5.41, 5.74) is -1.19. The summed E-state index contributed by atoms with van der Waals surface area (Å²) in [7, 11) is 0. The second-order valence-corrected chi connectivity index (χ2v) is 13.8. The molecular formula is C31H29F3N6O5S. The second kappa shape index (κ2) is 10.9. The van der Waals surface area contributed by atoms with Crippen molar-refractivity contribution >= 4 is 43.4 Å². The number of alkyl halides is 1. The summed E-state index contributed by atoms with van der Waals surface area (Å²) in [4.78, 5) is 27.2. The van der Waals surface area contributed by atoms with Crippen LogP contribution < -0.4 is 10.1 Å². The first kappa shape index (κ1) is 30.4. The molecule has 46 heavy (non-hydrogen) atoms. The summed E-state index contributed by atoms with van der Waals surface area (Å²) in [5, 5.41) is 23.7. The van der Waals surface area contributed by atoms with Crippen LogP contribution >= 0.6 is 11.3 Å². The standard InChI is InChI=1S/C31H29F3N6O5S/c1-30(2,3)45-29(42)39-27-15(8-35)20-23(36-9-18(33)25(20)46-27)19-16-11-43-12-17(16)21-24(22(19)34)37-28(38-26(21)41)44-13-31-5-4-6-40(31)10-14(32)7-31/h9,14H,4-7,10-13H2,1-3H3,(H,39,42)(H,37,38,41)/t14?,31-/m0/s1. The number of hydrogen-bond donors (Lipinski definition) is 2. The van der Waals surface area contributed by atoms with Crippen LogP contribution in [0.1, 0.15) is 56.7 Å². The minimum absolute atomic E-state index is 0.00325. The number of carbonyl (C=O) groups excluding carboxylic acids is 1. The zero-order chi connectivity index (χ0) is 32.5. The zero-order valence-electron chi connectivity index (χ0n) is 25.2. The van der Waals surface area contributed by atoms with Gasteiger partial charge in [0, 0.05) is 23.9 Å². The van der Waals surface area contributed by atoms with Crippen molar-refractivity contribution in [3.05, 3.63) is 34.5 Å². The fourth-order valence-corrected chi connectivity index (χ4v) is 7.84. The highest BCUT2D eigenvalue weighted by Crippen LogP contribution is 2.47. The van der Waals surface area contributed by atoms with Crippen molar-refractivity contribution in [1.29, 1.82) is 5.26 Å². The van der Waals surface area contributed by atoms with Crippen molar-refractivity contribution in [1.82, 2.24) is 19.9 Å². The molecule has 0 aliphatic carbocycles. The number of anilines is 1. The Balaban J connectivity index is 1.36. The van der Waals surface area contributed by atoms with E-state index in [4.69, 9.17) is 14.2 Å². The van der Waals surface area contributed by atoms with E-state index in [0.717, 1.165) is 36.9 Å². The van der Waals surface area contributed by atoms with Gasteiger partial charge in [0.1, 0.15) is 35.0 Å². The van der Waals surface area contributed by atoms with Gasteiger partial charge in [-0.05, 0) is 51.3 Å². The molecule has 4 aromatic rings. The molecule has 15 heteroatoms. The van der Waals surface area contributed by atoms with Crippen molar-refractivity contribution in [3.63, 3.8) is 0 Å². The summed E-state index contributed by atoms with van der Waals surface area (Å²) in [6, 6.07) is 1.71. The zero-order valence-corrected chi connectivity index (χ0v) is 26.0. The van der Waals surface area contributed by atoms with Crippen LogP contribution in [-0.2, 0) is 22.7 Å². The van der Waals surface area contributed by atoms with Crippen molar-refractivity contribution < 1.29 is 37.3 Å². The van der Waals surface area contributed by atoms with Gasteiger partial charge in [-0.15, -0.1) is 11.3 Å². The first-order valence-corrected chi connectivity index (χ1v) is 15.6. The first-order chi connectivity index (χ1) is 21.9. The Kier molecular flexibility index (Phi) is 7.22. The lowest BCUT2D eigenvalue weighted by Gasteiger charge is -2.30. The Morgan fingerprint density at radius 3 is 2.83 bits per heavy atom. The van der Waals surface area contributed by atoms with Gasteiger partial charge in [-0.1, -0.05) is 0 Å². The molecule has 7 rings (SSSR count). The molecule has 0 saturated carbocycles. The van der Waals surface area contributed by atoms with E-state index in [0.29, 0.717) is 24.1 Å². The maximum atomic E-state index is 16.8. The molecule has 3 aromatic heterocycles. The van der Waals surface area contributed by atoms with Gasteiger partial charge in [0.2, 0.25) is 5.88 Å². The normalized spacial score (nSPS) is 21.0. The number of ether oxygens (including phenoxy) is 3. The minimum atomic E-state index is -0.979. The summed E-state index contributed by atoms with van der Waals surface area (Å²) >= 11 is 0.792. The van der Waals surface area contributed by atoms with Gasteiger partial charge in [0.05, 0.1) is 46.3 Å². The Hall–Kier alpha value is -4.26. The van der Waals surface area contributed by atoms with Crippen LogP contribution in [-0.4, -0.2) is 68.1 Å². The van der Waals surface area contributed by atoms with Crippen LogP contribution in [0.3, 0.4) is 0 Å². The number of nitrogens with zero attached hydrogens (tertiary/aromatic N) is 5. The molecule has 2 N–H and O–H groups in total. The second-order valence-electron chi connectivity index (χ2n) is 12.8. The van der Waals surface area contributed by atoms with Crippen LogP contribution in [0.2, 0.25) is 0 Å². The number of halogens is 3. The molecule has 1 unspecified atom stereocenters. The number of fused-ring (bicyclic) bond motifs is 5. The van der Waals surface area contributed by atoms with Gasteiger partial charge in [-0.25, -0.2) is 18.0 Å². The van der Waals surface area contributed by atoms with Gasteiger partial charge < -0.3 is 19.3 Å². The van der Waals surface area contributed by atoms with E-state index in [9.17, 15) is 19.6 Å². The van der Waals surface area contributed by atoms with Gasteiger partial charge >= 0.3 is 12.1 Å². The number of pyridine rings is 1. The highest BCUT2D eigenvalue weighted by atomic mass is 32.1. The molecule has 3 aliphatic rings. The number of nitrogens with one attached hydrogen (secondary N) is 1. The number of amides is 1. The molecule has 1 aromatic carbocycles. The Morgan fingerprint density at radius 2 is 2.07 bits per heavy atom. The Bertz CT molecular complexity index is 1980. The van der Waals surface area contributed by atoms with E-state index in [1.807, 2.05) is 11.0 Å². The maximum Gasteiger partial charge on any atom is 0.412 e. The van der Waals surface area contributed by atoms with Crippen LogP contribution in [0.5, 0.6) is 11.9 Å². The number of benzene rings is 1. The Morgan fingerprint density at radius 1 is 1.28 bits per heavy atom. The summed E-state index contributed by atoms with van der Waals surface area (Å²) in [6.45, 7) is 6.08. The van der Waals surface area contributed by atoms with Crippen molar-refractivity contribution in [2.45, 2.75) is 70.6 Å². The summed E-state index contributed by atoms with van der Waals surface area (Å²) < 4.78 is 63.0. The molecular weight excluding hydrogens is 625 g/mol. The first-order valence-electron chi connectivity index (χ1n) is 14.7. The largest absolute Gasteiger partial charge is 0.493 e. The predicted octanol–water partition coefficient (Wildman–Crippen LogP) is 6.09. The maximum absolute atomic E-state index is 16.8. The van der Waals surface area contributed by atoms with E-state index in [1.165, 1.54) is 0 Å². The predicted molar refractivity (Wildman–Crippen MR) is 161 cm³/mol. The summed E-state index contributed by atoms with van der Waals surface area (Å²) in [6.07, 6.45) is 1.01. The third kappa shape index (κ3) is 4.95. The van der Waals surface area contributed by atoms with Crippen LogP contribution in [0, 0.1) is 23.0 Å². The molecule has 11 nitrogen and oxygen atoms in total. The number of carbonyl (C=O) groups is 1. The van der Waals surface area contributed by atoms with E-state index in [1.54, 1.807) is 20.8 Å². The molecule has 0 radical (unpaired) electrons. The molecule has 1 amide bonds. The average molecular weight is 655 g/mol. The quantitative estimate of drug-likeness (QED) is 0.259. The van der Waals surface area contributed by atoms with Gasteiger partial charge in [-0.2, -0.15) is 15.2 Å². The molecule has 3 aliphatic heterocycles. The molecule has 2 saturated heterocycles. The van der Waals surface area contributed by atoms with E-state index < -0.39 is 40.9 Å². The minimum Gasteiger partial charge on any atom is -0.493 e. The molecule has 240 valence electrons. The van der Waals surface area contributed by atoms with Gasteiger partial charge in [0.25, 0.3) is 0 Å². The molecule has 2 atom stereocenters. The smallest absolute Gasteiger partial charge is 0.412 e. The number of rotatable bonds is 5. The van der Waals surface area contributed by atoms with Gasteiger partial charge in [-0.3, -0.25) is 15.2 Å². The third-order valence-corrected chi connectivity index (χ3v) is 9.73. The average Bonchev–Trinajstić information content (AvgIpc) is 3.74. The van der Waals surface area contributed by atoms with E-state index in [2.05, 4.69) is 20.3 Å². The van der Waals surface area contributed by atoms with Crippen molar-refractivity contribution in [2.24, 2.45) is 0 Å². The van der Waals surface area contributed by atoms with E-state index in [-0.39, 0.29) is 68.6 Å². The molecule has 0 spiro atoms. The van der Waals surface area contributed by atoms with Crippen LogP contribution in [0.25, 0.3) is 32.2 Å². The Labute approximate surface area is 264 Å². The number of aromatic hydroxyl groups is 1. The number of hydrogen-bond acceptors (Lipinski definition) is 11. The van der Waals surface area contributed by atoms with Crippen molar-refractivity contribution in [3.8, 4) is 29.2 Å². The lowest BCUT2D eigenvalue weighted by Crippen LogP contribution is -2.43. The lowest BCUT2D eigenvalue weighted by molar-refractivity contribution is 0.0636. The number of nitriles is 1. The highest BCUT2D eigenvalue weighted by molar-refractivity contribution is 7.23. The van der Waals surface area contributed by atoms with Crippen LogP contribution in [0.4, 0.5) is 23.0 Å². The SMILES string of the molecule is CC(C)(C)OC(=O)Nc1sc2c(F)cnc(-c3c4c(c5c(O)nc(OC[C@@]67CCCN6CC(F)C7)nc5c3F)COC4)c2c1C#N.